The van der Waals surface area contributed by atoms with Crippen LogP contribution in [0.1, 0.15) is 39.0 Å². The summed E-state index contributed by atoms with van der Waals surface area (Å²) in [7, 11) is 1.29. The number of halogens is 2. The van der Waals surface area contributed by atoms with E-state index in [1.807, 2.05) is 0 Å². The standard InChI is InChI=1S/C18H20F2N2O3S/c1-9-14(17(24)25-4)10(2)22-15(9)16(23)11(3)21-12-5-7-13(8-6-12)26-18(19)20/h5-8,11,18,21-22H,1-4H3/t11-/m1/s1. The minimum absolute atomic E-state index is 0.216. The van der Waals surface area contributed by atoms with E-state index in [1.165, 1.54) is 7.11 Å². The number of methoxy groups -OCH3 is 1. The van der Waals surface area contributed by atoms with E-state index in [0.29, 0.717) is 44.9 Å². The Bertz CT molecular complexity index is 804. The highest BCUT2D eigenvalue weighted by Crippen LogP contribution is 2.26. The molecule has 0 radical (unpaired) electrons. The van der Waals surface area contributed by atoms with Crippen LogP contribution >= 0.6 is 11.8 Å². The van der Waals surface area contributed by atoms with Gasteiger partial charge in [-0.25, -0.2) is 4.79 Å². The molecule has 1 heterocycles. The summed E-state index contributed by atoms with van der Waals surface area (Å²) in [5.41, 5.74) is 2.44. The quantitative estimate of drug-likeness (QED) is 0.421. The molecule has 0 spiro atoms. The molecule has 140 valence electrons. The fourth-order valence-electron chi connectivity index (χ4n) is 2.67. The van der Waals surface area contributed by atoms with Crippen molar-refractivity contribution in [3.05, 3.63) is 46.8 Å². The number of H-pyrrole nitrogens is 1. The molecule has 1 atom stereocenters. The average molecular weight is 382 g/mol. The number of nitrogens with one attached hydrogen (secondary N) is 2. The lowest BCUT2D eigenvalue weighted by Gasteiger charge is -2.14. The van der Waals surface area contributed by atoms with Crippen molar-refractivity contribution < 1.29 is 23.1 Å². The van der Waals surface area contributed by atoms with E-state index in [4.69, 9.17) is 4.74 Å². The van der Waals surface area contributed by atoms with Crippen molar-refractivity contribution in [2.75, 3.05) is 12.4 Å². The van der Waals surface area contributed by atoms with Crippen molar-refractivity contribution in [3.63, 3.8) is 0 Å². The third-order valence-corrected chi connectivity index (χ3v) is 4.65. The number of esters is 1. The lowest BCUT2D eigenvalue weighted by Crippen LogP contribution is -2.27. The van der Waals surface area contributed by atoms with Gasteiger partial charge in [-0.15, -0.1) is 0 Å². The maximum Gasteiger partial charge on any atom is 0.339 e. The monoisotopic (exact) mass is 382 g/mol. The van der Waals surface area contributed by atoms with Gasteiger partial charge in [0.15, 0.2) is 0 Å². The number of alkyl halides is 2. The second-order valence-corrected chi connectivity index (χ2v) is 6.81. The predicted octanol–water partition coefficient (Wildman–Crippen LogP) is 4.42. The molecule has 5 nitrogen and oxygen atoms in total. The highest BCUT2D eigenvalue weighted by Gasteiger charge is 2.25. The molecule has 0 fully saturated rings. The van der Waals surface area contributed by atoms with Crippen LogP contribution in [0.15, 0.2) is 29.2 Å². The van der Waals surface area contributed by atoms with Gasteiger partial charge in [-0.05, 0) is 50.6 Å². The molecule has 0 saturated heterocycles. The number of ketones is 1. The van der Waals surface area contributed by atoms with Crippen LogP contribution in [-0.4, -0.2) is 35.6 Å². The molecule has 2 aromatic rings. The Morgan fingerprint density at radius 2 is 1.81 bits per heavy atom. The smallest absolute Gasteiger partial charge is 0.339 e. The Morgan fingerprint density at radius 3 is 2.35 bits per heavy atom. The van der Waals surface area contributed by atoms with Gasteiger partial charge in [0.2, 0.25) is 5.78 Å². The highest BCUT2D eigenvalue weighted by atomic mass is 32.2. The summed E-state index contributed by atoms with van der Waals surface area (Å²) >= 11 is 0.463. The second kappa shape index (κ2) is 8.35. The molecular weight excluding hydrogens is 362 g/mol. The van der Waals surface area contributed by atoms with Crippen molar-refractivity contribution >= 4 is 29.2 Å². The van der Waals surface area contributed by atoms with Gasteiger partial charge in [0.05, 0.1) is 24.4 Å². The fraction of sp³-hybridized carbons (Fsp3) is 0.333. The van der Waals surface area contributed by atoms with Crippen LogP contribution in [0.5, 0.6) is 0 Å². The van der Waals surface area contributed by atoms with Crippen LogP contribution < -0.4 is 5.32 Å². The second-order valence-electron chi connectivity index (χ2n) is 5.75. The number of aryl methyl sites for hydroxylation is 1. The third-order valence-electron chi connectivity index (χ3n) is 3.93. The van der Waals surface area contributed by atoms with Crippen LogP contribution in [0.25, 0.3) is 0 Å². The van der Waals surface area contributed by atoms with Crippen molar-refractivity contribution in [2.24, 2.45) is 0 Å². The zero-order valence-corrected chi connectivity index (χ0v) is 15.7. The summed E-state index contributed by atoms with van der Waals surface area (Å²) in [6.45, 7) is 5.08. The van der Waals surface area contributed by atoms with Crippen molar-refractivity contribution in [2.45, 2.75) is 37.5 Å². The molecule has 0 bridgehead atoms. The first-order chi connectivity index (χ1) is 12.2. The summed E-state index contributed by atoms with van der Waals surface area (Å²) in [6.07, 6.45) is 0. The van der Waals surface area contributed by atoms with Gasteiger partial charge < -0.3 is 15.0 Å². The molecule has 0 aliphatic heterocycles. The first-order valence-corrected chi connectivity index (χ1v) is 8.75. The van der Waals surface area contributed by atoms with Crippen LogP contribution in [-0.2, 0) is 4.74 Å². The Balaban J connectivity index is 2.14. The maximum atomic E-state index is 12.7. The Morgan fingerprint density at radius 1 is 1.19 bits per heavy atom. The van der Waals surface area contributed by atoms with Crippen LogP contribution in [0.3, 0.4) is 0 Å². The molecule has 1 aromatic carbocycles. The van der Waals surface area contributed by atoms with Gasteiger partial charge in [-0.2, -0.15) is 8.78 Å². The first-order valence-electron chi connectivity index (χ1n) is 7.87. The maximum absolute atomic E-state index is 12.7. The zero-order chi connectivity index (χ0) is 19.4. The molecule has 0 aliphatic carbocycles. The molecule has 0 unspecified atom stereocenters. The molecule has 8 heteroatoms. The zero-order valence-electron chi connectivity index (χ0n) is 14.9. The number of anilines is 1. The van der Waals surface area contributed by atoms with Gasteiger partial charge in [-0.1, -0.05) is 11.8 Å². The van der Waals surface area contributed by atoms with Crippen LogP contribution in [0, 0.1) is 13.8 Å². The number of benzene rings is 1. The van der Waals surface area contributed by atoms with E-state index < -0.39 is 17.8 Å². The number of carbonyl (C=O) groups is 2. The lowest BCUT2D eigenvalue weighted by molar-refractivity contribution is 0.0599. The van der Waals surface area contributed by atoms with Crippen molar-refractivity contribution in [3.8, 4) is 0 Å². The number of ether oxygens (including phenoxy) is 1. The van der Waals surface area contributed by atoms with E-state index in [9.17, 15) is 18.4 Å². The van der Waals surface area contributed by atoms with Gasteiger partial charge in [0, 0.05) is 16.3 Å². The predicted molar refractivity (Wildman–Crippen MR) is 97.3 cm³/mol. The van der Waals surface area contributed by atoms with Gasteiger partial charge in [0.1, 0.15) is 0 Å². The number of thioether (sulfide) groups is 1. The summed E-state index contributed by atoms with van der Waals surface area (Å²) < 4.78 is 29.4. The number of carbonyl (C=O) groups excluding carboxylic acids is 2. The summed E-state index contributed by atoms with van der Waals surface area (Å²) in [4.78, 5) is 27.9. The number of hydrogen-bond acceptors (Lipinski definition) is 5. The van der Waals surface area contributed by atoms with Gasteiger partial charge >= 0.3 is 5.97 Å². The molecular formula is C18H20F2N2O3S. The minimum atomic E-state index is -2.47. The Hall–Kier alpha value is -2.35. The summed E-state index contributed by atoms with van der Waals surface area (Å²) in [5, 5.41) is 3.04. The molecule has 1 aromatic heterocycles. The van der Waals surface area contributed by atoms with Crippen molar-refractivity contribution in [1.29, 1.82) is 0 Å². The lowest BCUT2D eigenvalue weighted by atomic mass is 10.0. The highest BCUT2D eigenvalue weighted by molar-refractivity contribution is 7.99. The van der Waals surface area contributed by atoms with E-state index in [0.717, 1.165) is 0 Å². The summed E-state index contributed by atoms with van der Waals surface area (Å²) in [5.74, 6) is -3.19. The minimum Gasteiger partial charge on any atom is -0.465 e. The number of aromatic amines is 1. The molecule has 0 saturated carbocycles. The SMILES string of the molecule is COC(=O)c1c(C)[nH]c(C(=O)[C@@H](C)Nc2ccc(SC(F)F)cc2)c1C. The van der Waals surface area contributed by atoms with Crippen molar-refractivity contribution in [1.82, 2.24) is 4.98 Å². The summed E-state index contributed by atoms with van der Waals surface area (Å²) in [6, 6.07) is 5.83. The Labute approximate surface area is 154 Å². The first kappa shape index (κ1) is 20.0. The number of hydrogen-bond donors (Lipinski definition) is 2. The molecule has 2 rings (SSSR count). The molecule has 26 heavy (non-hydrogen) atoms. The largest absolute Gasteiger partial charge is 0.465 e. The van der Waals surface area contributed by atoms with E-state index in [2.05, 4.69) is 10.3 Å². The fourth-order valence-corrected chi connectivity index (χ4v) is 3.17. The molecule has 0 amide bonds. The topological polar surface area (TPSA) is 71.2 Å². The number of Topliss-reactive ketones (excluding diaryl/α,β-unsaturated/α-hetero) is 1. The van der Waals surface area contributed by atoms with Crippen LogP contribution in [0.2, 0.25) is 0 Å². The van der Waals surface area contributed by atoms with Gasteiger partial charge in [0.25, 0.3) is 5.76 Å². The molecule has 2 N–H and O–H groups in total. The van der Waals surface area contributed by atoms with E-state index in [-0.39, 0.29) is 5.78 Å². The van der Waals surface area contributed by atoms with E-state index in [1.54, 1.807) is 45.0 Å². The number of rotatable bonds is 7. The average Bonchev–Trinajstić information content (AvgIpc) is 2.89. The van der Waals surface area contributed by atoms with Gasteiger partial charge in [-0.3, -0.25) is 4.79 Å². The van der Waals surface area contributed by atoms with E-state index >= 15 is 0 Å². The Kier molecular flexibility index (Phi) is 6.42. The third kappa shape index (κ3) is 4.43. The normalized spacial score (nSPS) is 12.1. The molecule has 0 aliphatic rings. The number of aromatic nitrogens is 1. The van der Waals surface area contributed by atoms with Crippen LogP contribution in [0.4, 0.5) is 14.5 Å².